The van der Waals surface area contributed by atoms with Crippen molar-refractivity contribution in [3.63, 3.8) is 0 Å². The molecule has 0 atom stereocenters. The highest BCUT2D eigenvalue weighted by atomic mass is 35.5. The molecule has 2 aromatic heterocycles. The van der Waals surface area contributed by atoms with Gasteiger partial charge in [-0.05, 0) is 12.1 Å². The molecule has 0 N–H and O–H groups in total. The Hall–Kier alpha value is -0.930. The van der Waals surface area contributed by atoms with Crippen molar-refractivity contribution in [3.05, 3.63) is 30.6 Å². The second-order valence-electron chi connectivity index (χ2n) is 2.96. The molecule has 14 heavy (non-hydrogen) atoms. The molecule has 3 nitrogen and oxygen atoms in total. The van der Waals surface area contributed by atoms with Crippen molar-refractivity contribution in [2.45, 2.75) is 0 Å². The van der Waals surface area contributed by atoms with Crippen LogP contribution in [0.25, 0.3) is 5.65 Å². The molecule has 2 aromatic rings. The molecular weight excluding hydrogens is 221 g/mol. The van der Waals surface area contributed by atoms with Crippen molar-refractivity contribution in [1.29, 1.82) is 0 Å². The molecule has 0 radical (unpaired) electrons. The van der Waals surface area contributed by atoms with Gasteiger partial charge in [-0.3, -0.25) is 0 Å². The van der Waals surface area contributed by atoms with Gasteiger partial charge in [-0.1, -0.05) is 6.07 Å². The fourth-order valence-electron chi connectivity index (χ4n) is 1.14. The number of rotatable bonds is 1. The van der Waals surface area contributed by atoms with E-state index in [1.807, 2.05) is 54.0 Å². The summed E-state index contributed by atoms with van der Waals surface area (Å²) >= 11 is 0. The smallest absolute Gasteiger partial charge is 0.147 e. The van der Waals surface area contributed by atoms with E-state index < -0.39 is 0 Å². The molecule has 78 valence electrons. The zero-order chi connectivity index (χ0) is 8.55. The molecule has 0 spiro atoms. The minimum atomic E-state index is 0. The second-order valence-corrected chi connectivity index (χ2v) is 2.96. The van der Waals surface area contributed by atoms with Gasteiger partial charge < -0.3 is 9.30 Å². The van der Waals surface area contributed by atoms with Crippen LogP contribution in [0.1, 0.15) is 0 Å². The van der Waals surface area contributed by atoms with Crippen LogP contribution in [0, 0.1) is 0 Å². The highest BCUT2D eigenvalue weighted by Crippen LogP contribution is 2.10. The lowest BCUT2D eigenvalue weighted by Crippen LogP contribution is -2.08. The van der Waals surface area contributed by atoms with Gasteiger partial charge in [0.25, 0.3) is 0 Å². The average Bonchev–Trinajstić information content (AvgIpc) is 2.46. The third-order valence-corrected chi connectivity index (χ3v) is 1.81. The quantitative estimate of drug-likeness (QED) is 0.754. The lowest BCUT2D eigenvalue weighted by molar-refractivity contribution is 1.09. The minimum Gasteiger partial charge on any atom is -0.361 e. The van der Waals surface area contributed by atoms with E-state index in [2.05, 4.69) is 4.98 Å². The van der Waals surface area contributed by atoms with Crippen LogP contribution < -0.4 is 4.90 Å². The number of anilines is 1. The number of aromatic nitrogens is 2. The van der Waals surface area contributed by atoms with Gasteiger partial charge in [0.05, 0.1) is 6.20 Å². The molecule has 0 bridgehead atoms. The Kier molecular flexibility index (Phi) is 4.74. The number of nitrogens with zero attached hydrogens (tertiary/aromatic N) is 3. The first-order chi connectivity index (χ1) is 5.77. The molecule has 0 unspecified atom stereocenters. The van der Waals surface area contributed by atoms with E-state index >= 15 is 0 Å². The maximum absolute atomic E-state index is 4.40. The standard InChI is InChI=1S/C9H11N3.2ClH/c1-11(2)9-7-12-6-4-3-5-8(12)10-9;;/h3-7H,1-2H3;2*1H. The van der Waals surface area contributed by atoms with Crippen molar-refractivity contribution >= 4 is 36.3 Å². The fourth-order valence-corrected chi connectivity index (χ4v) is 1.14. The van der Waals surface area contributed by atoms with Crippen LogP contribution in [0.2, 0.25) is 0 Å². The highest BCUT2D eigenvalue weighted by molar-refractivity contribution is 5.85. The molecule has 0 fully saturated rings. The van der Waals surface area contributed by atoms with E-state index in [9.17, 15) is 0 Å². The molecule has 0 aliphatic heterocycles. The Morgan fingerprint density at radius 1 is 1.21 bits per heavy atom. The van der Waals surface area contributed by atoms with E-state index in [1.54, 1.807) is 0 Å². The van der Waals surface area contributed by atoms with Crippen molar-refractivity contribution < 1.29 is 0 Å². The summed E-state index contributed by atoms with van der Waals surface area (Å²) in [4.78, 5) is 6.39. The number of pyridine rings is 1. The molecule has 0 saturated carbocycles. The lowest BCUT2D eigenvalue weighted by Gasteiger charge is -2.05. The third-order valence-electron chi connectivity index (χ3n) is 1.81. The maximum atomic E-state index is 4.40. The zero-order valence-electron chi connectivity index (χ0n) is 8.04. The van der Waals surface area contributed by atoms with Crippen molar-refractivity contribution in [2.75, 3.05) is 19.0 Å². The molecule has 0 saturated heterocycles. The number of hydrogen-bond donors (Lipinski definition) is 0. The van der Waals surface area contributed by atoms with Crippen LogP contribution in [0.15, 0.2) is 30.6 Å². The Bertz CT molecular complexity index is 365. The van der Waals surface area contributed by atoms with Gasteiger partial charge in [-0.15, -0.1) is 24.8 Å². The van der Waals surface area contributed by atoms with E-state index in [4.69, 9.17) is 0 Å². The fraction of sp³-hybridized carbons (Fsp3) is 0.222. The van der Waals surface area contributed by atoms with Gasteiger partial charge in [-0.2, -0.15) is 0 Å². The molecule has 5 heteroatoms. The van der Waals surface area contributed by atoms with Crippen LogP contribution in [0.4, 0.5) is 5.82 Å². The summed E-state index contributed by atoms with van der Waals surface area (Å²) in [5.74, 6) is 0.987. The molecular formula is C9H13Cl2N3. The molecule has 2 rings (SSSR count). The Balaban J connectivity index is 0.000000845. The molecule has 0 aliphatic rings. The van der Waals surface area contributed by atoms with Gasteiger partial charge in [0.15, 0.2) is 0 Å². The van der Waals surface area contributed by atoms with Crippen molar-refractivity contribution in [1.82, 2.24) is 9.38 Å². The Labute approximate surface area is 95.6 Å². The summed E-state index contributed by atoms with van der Waals surface area (Å²) in [7, 11) is 3.98. The number of fused-ring (bicyclic) bond motifs is 1. The van der Waals surface area contributed by atoms with Crippen LogP contribution in [0.5, 0.6) is 0 Å². The summed E-state index contributed by atoms with van der Waals surface area (Å²) in [6.45, 7) is 0. The van der Waals surface area contributed by atoms with E-state index in [-0.39, 0.29) is 24.8 Å². The van der Waals surface area contributed by atoms with E-state index in [0.717, 1.165) is 11.5 Å². The Morgan fingerprint density at radius 2 is 1.93 bits per heavy atom. The number of halogens is 2. The van der Waals surface area contributed by atoms with E-state index in [1.165, 1.54) is 0 Å². The Morgan fingerprint density at radius 3 is 2.50 bits per heavy atom. The van der Waals surface area contributed by atoms with Crippen molar-refractivity contribution in [3.8, 4) is 0 Å². The third kappa shape index (κ3) is 2.30. The summed E-state index contributed by atoms with van der Waals surface area (Å²) in [5.41, 5.74) is 0.987. The topological polar surface area (TPSA) is 20.5 Å². The lowest BCUT2D eigenvalue weighted by atomic mass is 10.5. The monoisotopic (exact) mass is 233 g/mol. The van der Waals surface area contributed by atoms with Crippen LogP contribution in [-0.2, 0) is 0 Å². The van der Waals surface area contributed by atoms with E-state index in [0.29, 0.717) is 0 Å². The number of imidazole rings is 1. The SMILES string of the molecule is CN(C)c1cn2ccccc2n1.Cl.Cl. The zero-order valence-corrected chi connectivity index (χ0v) is 9.68. The minimum absolute atomic E-state index is 0. The van der Waals surface area contributed by atoms with Crippen LogP contribution in [-0.4, -0.2) is 23.5 Å². The molecule has 0 aliphatic carbocycles. The summed E-state index contributed by atoms with van der Waals surface area (Å²) < 4.78 is 2.01. The molecule has 0 amide bonds. The van der Waals surface area contributed by atoms with Gasteiger partial charge in [-0.25, -0.2) is 4.98 Å². The first-order valence-corrected chi connectivity index (χ1v) is 3.88. The summed E-state index contributed by atoms with van der Waals surface area (Å²) in [6, 6.07) is 5.98. The summed E-state index contributed by atoms with van der Waals surface area (Å²) in [6.07, 6.45) is 4.00. The largest absolute Gasteiger partial charge is 0.361 e. The number of hydrogen-bond acceptors (Lipinski definition) is 2. The van der Waals surface area contributed by atoms with Gasteiger partial charge in [0, 0.05) is 20.3 Å². The van der Waals surface area contributed by atoms with Gasteiger partial charge in [0.1, 0.15) is 11.5 Å². The maximum Gasteiger partial charge on any atom is 0.147 e. The predicted octanol–water partition coefficient (Wildman–Crippen LogP) is 2.24. The van der Waals surface area contributed by atoms with Crippen LogP contribution in [0.3, 0.4) is 0 Å². The molecule has 2 heterocycles. The van der Waals surface area contributed by atoms with Crippen molar-refractivity contribution in [2.24, 2.45) is 0 Å². The predicted molar refractivity (Wildman–Crippen MR) is 64.0 cm³/mol. The first-order valence-electron chi connectivity index (χ1n) is 3.88. The average molecular weight is 234 g/mol. The first kappa shape index (κ1) is 13.1. The highest BCUT2D eigenvalue weighted by Gasteiger charge is 2.00. The second kappa shape index (κ2) is 5.08. The summed E-state index contributed by atoms with van der Waals surface area (Å²) in [5, 5.41) is 0. The van der Waals surface area contributed by atoms with Crippen LogP contribution >= 0.6 is 24.8 Å². The van der Waals surface area contributed by atoms with Gasteiger partial charge >= 0.3 is 0 Å². The van der Waals surface area contributed by atoms with Gasteiger partial charge in [0.2, 0.25) is 0 Å². The molecule has 0 aromatic carbocycles. The normalized spacial score (nSPS) is 9.00.